The first-order valence-corrected chi connectivity index (χ1v) is 6.83. The van der Waals surface area contributed by atoms with Crippen molar-refractivity contribution in [1.82, 2.24) is 0 Å². The molecular formula is C6H9NO6P2. The highest BCUT2D eigenvalue weighted by atomic mass is 31.3. The van der Waals surface area contributed by atoms with Gasteiger partial charge in [0.15, 0.2) is 0 Å². The van der Waals surface area contributed by atoms with E-state index in [1.54, 1.807) is 6.07 Å². The van der Waals surface area contributed by atoms with Gasteiger partial charge in [-0.15, -0.1) is 0 Å². The molecule has 1 aromatic rings. The SMILES string of the molecule is O=P(O)(O)N(c1ccccc1)P(=O)(O)O. The molecule has 0 fully saturated rings. The summed E-state index contributed by atoms with van der Waals surface area (Å²) in [7, 11) is -10.1. The van der Waals surface area contributed by atoms with E-state index in [1.807, 2.05) is 0 Å². The molecular weight excluding hydrogens is 244 g/mol. The minimum atomic E-state index is -5.05. The highest BCUT2D eigenvalue weighted by Gasteiger charge is 2.39. The van der Waals surface area contributed by atoms with Crippen molar-refractivity contribution in [1.29, 1.82) is 0 Å². The van der Waals surface area contributed by atoms with Crippen molar-refractivity contribution >= 4 is 21.2 Å². The first kappa shape index (κ1) is 12.4. The minimum absolute atomic E-state index is 0.208. The van der Waals surface area contributed by atoms with Gasteiger partial charge in [0.2, 0.25) is 0 Å². The zero-order valence-electron chi connectivity index (χ0n) is 7.33. The first-order chi connectivity index (χ1) is 6.73. The van der Waals surface area contributed by atoms with Crippen LogP contribution in [-0.4, -0.2) is 19.6 Å². The van der Waals surface area contributed by atoms with Crippen LogP contribution in [0.4, 0.5) is 5.69 Å². The number of anilines is 1. The van der Waals surface area contributed by atoms with Crippen LogP contribution in [0.25, 0.3) is 0 Å². The zero-order chi connectivity index (χ0) is 11.7. The topological polar surface area (TPSA) is 118 Å². The van der Waals surface area contributed by atoms with Crippen molar-refractivity contribution in [3.05, 3.63) is 30.3 Å². The predicted molar refractivity (Wildman–Crippen MR) is 53.0 cm³/mol. The number of para-hydroxylation sites is 1. The smallest absolute Gasteiger partial charge is 0.308 e. The van der Waals surface area contributed by atoms with E-state index < -0.39 is 15.5 Å². The van der Waals surface area contributed by atoms with Crippen molar-refractivity contribution < 1.29 is 28.7 Å². The average molecular weight is 253 g/mol. The molecule has 0 atom stereocenters. The van der Waals surface area contributed by atoms with Gasteiger partial charge in [-0.1, -0.05) is 18.2 Å². The lowest BCUT2D eigenvalue weighted by atomic mass is 10.3. The third-order valence-corrected chi connectivity index (χ3v) is 4.33. The van der Waals surface area contributed by atoms with Crippen LogP contribution in [0.5, 0.6) is 0 Å². The molecule has 0 heterocycles. The summed E-state index contributed by atoms with van der Waals surface area (Å²) >= 11 is 0. The summed E-state index contributed by atoms with van der Waals surface area (Å²) in [6.07, 6.45) is 0. The molecule has 1 aromatic carbocycles. The predicted octanol–water partition coefficient (Wildman–Crippen LogP) is 0.678. The summed E-state index contributed by atoms with van der Waals surface area (Å²) in [4.78, 5) is 35.2. The van der Waals surface area contributed by atoms with Gasteiger partial charge in [0.1, 0.15) is 0 Å². The summed E-state index contributed by atoms with van der Waals surface area (Å²) in [6, 6.07) is 6.76. The van der Waals surface area contributed by atoms with Gasteiger partial charge in [-0.25, -0.2) is 9.13 Å². The van der Waals surface area contributed by atoms with Crippen LogP contribution >= 0.6 is 15.5 Å². The lowest BCUT2D eigenvalue weighted by Crippen LogP contribution is -2.15. The maximum atomic E-state index is 10.9. The molecule has 0 aliphatic rings. The Morgan fingerprint density at radius 1 is 0.867 bits per heavy atom. The highest BCUT2D eigenvalue weighted by Crippen LogP contribution is 2.59. The second-order valence-corrected chi connectivity index (χ2v) is 5.82. The summed E-state index contributed by atoms with van der Waals surface area (Å²) in [5.41, 5.74) is -0.237. The summed E-state index contributed by atoms with van der Waals surface area (Å²) < 4.78 is 21.6. The molecule has 0 radical (unpaired) electrons. The van der Waals surface area contributed by atoms with E-state index >= 15 is 0 Å². The molecule has 0 aromatic heterocycles. The van der Waals surface area contributed by atoms with Crippen LogP contribution in [0.2, 0.25) is 0 Å². The molecule has 0 unspecified atom stereocenters. The molecule has 0 amide bonds. The number of hydrogen-bond donors (Lipinski definition) is 4. The van der Waals surface area contributed by atoms with E-state index in [2.05, 4.69) is 0 Å². The Balaban J connectivity index is 3.27. The second-order valence-electron chi connectivity index (χ2n) is 2.65. The van der Waals surface area contributed by atoms with Gasteiger partial charge in [-0.05, 0) is 12.1 Å². The van der Waals surface area contributed by atoms with Crippen molar-refractivity contribution in [2.24, 2.45) is 0 Å². The van der Waals surface area contributed by atoms with Gasteiger partial charge in [0, 0.05) is 0 Å². The highest BCUT2D eigenvalue weighted by molar-refractivity contribution is 7.72. The van der Waals surface area contributed by atoms with Crippen LogP contribution in [0, 0.1) is 0 Å². The Labute approximate surface area is 85.4 Å². The molecule has 0 saturated heterocycles. The van der Waals surface area contributed by atoms with Gasteiger partial charge < -0.3 is 19.6 Å². The van der Waals surface area contributed by atoms with E-state index in [0.717, 1.165) is 0 Å². The molecule has 1 rings (SSSR count). The third kappa shape index (κ3) is 3.14. The normalized spacial score (nSPS) is 12.5. The Morgan fingerprint density at radius 2 is 1.27 bits per heavy atom. The lowest BCUT2D eigenvalue weighted by Gasteiger charge is -2.25. The molecule has 0 spiro atoms. The van der Waals surface area contributed by atoms with Gasteiger partial charge in [0.05, 0.1) is 5.69 Å². The van der Waals surface area contributed by atoms with Crippen LogP contribution in [0.1, 0.15) is 0 Å². The quantitative estimate of drug-likeness (QED) is 0.585. The monoisotopic (exact) mass is 253 g/mol. The van der Waals surface area contributed by atoms with Gasteiger partial charge >= 0.3 is 15.5 Å². The minimum Gasteiger partial charge on any atom is -0.308 e. The summed E-state index contributed by atoms with van der Waals surface area (Å²) in [5.74, 6) is 0. The summed E-state index contributed by atoms with van der Waals surface area (Å²) in [5, 5.41) is 0. The first-order valence-electron chi connectivity index (χ1n) is 3.70. The fourth-order valence-electron chi connectivity index (χ4n) is 1.01. The molecule has 9 heteroatoms. The average Bonchev–Trinajstić information content (AvgIpc) is 2.00. The molecule has 0 aliphatic carbocycles. The lowest BCUT2D eigenvalue weighted by molar-refractivity contribution is 0.350. The van der Waals surface area contributed by atoms with Crippen LogP contribution in [-0.2, 0) is 9.13 Å². The second kappa shape index (κ2) is 4.06. The Kier molecular flexibility index (Phi) is 3.35. The molecule has 84 valence electrons. The number of nitrogens with zero attached hydrogens (tertiary/aromatic N) is 1. The largest absolute Gasteiger partial charge is 0.439 e. The fraction of sp³-hybridized carbons (Fsp3) is 0. The molecule has 4 N–H and O–H groups in total. The van der Waals surface area contributed by atoms with Crippen LogP contribution in [0.15, 0.2) is 30.3 Å². The van der Waals surface area contributed by atoms with Crippen LogP contribution < -0.4 is 4.44 Å². The van der Waals surface area contributed by atoms with Crippen molar-refractivity contribution in [3.8, 4) is 0 Å². The van der Waals surface area contributed by atoms with Crippen molar-refractivity contribution in [2.45, 2.75) is 0 Å². The third-order valence-electron chi connectivity index (χ3n) is 1.48. The van der Waals surface area contributed by atoms with E-state index in [0.29, 0.717) is 0 Å². The maximum Gasteiger partial charge on any atom is 0.439 e. The standard InChI is InChI=1S/C6H9NO6P2/c8-14(9,10)7(15(11,12)13)6-4-2-1-3-5-6/h1-5H,(H2,8,9,10)(H2,11,12,13). The Morgan fingerprint density at radius 3 is 1.60 bits per heavy atom. The summed E-state index contributed by atoms with van der Waals surface area (Å²) in [6.45, 7) is 0. The Hall–Kier alpha value is -0.680. The molecule has 0 aliphatic heterocycles. The number of benzene rings is 1. The van der Waals surface area contributed by atoms with E-state index in [-0.39, 0.29) is 10.1 Å². The Bertz CT molecular complexity index is 401. The van der Waals surface area contributed by atoms with E-state index in [4.69, 9.17) is 19.6 Å². The zero-order valence-corrected chi connectivity index (χ0v) is 9.12. The maximum absolute atomic E-state index is 10.9. The molecule has 0 saturated carbocycles. The van der Waals surface area contributed by atoms with Gasteiger partial charge in [0.25, 0.3) is 0 Å². The van der Waals surface area contributed by atoms with Gasteiger partial charge in [-0.3, -0.25) is 0 Å². The van der Waals surface area contributed by atoms with Crippen molar-refractivity contribution in [3.63, 3.8) is 0 Å². The molecule has 7 nitrogen and oxygen atoms in total. The number of hydrogen-bond acceptors (Lipinski definition) is 2. The van der Waals surface area contributed by atoms with E-state index in [1.165, 1.54) is 24.3 Å². The van der Waals surface area contributed by atoms with E-state index in [9.17, 15) is 9.13 Å². The molecule has 0 bridgehead atoms. The van der Waals surface area contributed by atoms with Gasteiger partial charge in [-0.2, -0.15) is 4.44 Å². The number of rotatable bonds is 3. The fourth-order valence-corrected chi connectivity index (χ4v) is 3.10. The van der Waals surface area contributed by atoms with Crippen LogP contribution in [0.3, 0.4) is 0 Å². The molecule has 15 heavy (non-hydrogen) atoms. The van der Waals surface area contributed by atoms with Crippen molar-refractivity contribution in [2.75, 3.05) is 4.44 Å².